The summed E-state index contributed by atoms with van der Waals surface area (Å²) in [6, 6.07) is -0.873. The Morgan fingerprint density at radius 3 is 2.38 bits per heavy atom. The molecule has 188 valence electrons. The summed E-state index contributed by atoms with van der Waals surface area (Å²) in [4.78, 5) is 61.0. The monoisotopic (exact) mass is 481 g/mol. The highest BCUT2D eigenvalue weighted by Gasteiger charge is 2.49. The lowest BCUT2D eigenvalue weighted by Crippen LogP contribution is -2.53. The lowest BCUT2D eigenvalue weighted by Gasteiger charge is -2.21. The quantitative estimate of drug-likeness (QED) is 0.239. The number of nitrogens with zero attached hydrogens (tertiary/aromatic N) is 1. The van der Waals surface area contributed by atoms with Crippen molar-refractivity contribution in [1.82, 2.24) is 21.1 Å². The first-order valence-electron chi connectivity index (χ1n) is 10.8. The summed E-state index contributed by atoms with van der Waals surface area (Å²) in [5.74, 6) is -3.17. The lowest BCUT2D eigenvalue weighted by atomic mass is 9.94. The number of rotatable bonds is 14. The molecule has 1 aromatic heterocycles. The van der Waals surface area contributed by atoms with Gasteiger partial charge in [-0.05, 0) is 25.7 Å². The Kier molecular flexibility index (Phi) is 9.27. The Morgan fingerprint density at radius 2 is 1.85 bits per heavy atom. The van der Waals surface area contributed by atoms with Gasteiger partial charge >= 0.3 is 0 Å². The summed E-state index contributed by atoms with van der Waals surface area (Å²) in [5, 5.41) is 10.9. The lowest BCUT2D eigenvalue weighted by molar-refractivity contribution is -0.131. The smallest absolute Gasteiger partial charge is 0.287 e. The van der Waals surface area contributed by atoms with Crippen LogP contribution in [0.3, 0.4) is 0 Å². The number of nitrogens with one attached hydrogen (secondary N) is 3. The van der Waals surface area contributed by atoms with E-state index in [1.165, 1.54) is 7.11 Å². The second-order valence-corrected chi connectivity index (χ2v) is 8.61. The number of aromatic nitrogens is 1. The Hall–Kier alpha value is -3.32. The molecule has 2 rings (SSSR count). The molecule has 0 aromatic carbocycles. The van der Waals surface area contributed by atoms with Gasteiger partial charge in [0.25, 0.3) is 11.8 Å². The molecule has 0 radical (unpaired) electrons. The van der Waals surface area contributed by atoms with Crippen molar-refractivity contribution in [2.24, 2.45) is 11.7 Å². The summed E-state index contributed by atoms with van der Waals surface area (Å²) >= 11 is 0. The van der Waals surface area contributed by atoms with Crippen molar-refractivity contribution in [3.05, 3.63) is 17.5 Å². The number of Topliss-reactive ketones (excluding diaryl/α,β-unsaturated/α-hetero) is 1. The molecule has 1 aliphatic heterocycles. The van der Waals surface area contributed by atoms with Crippen LogP contribution in [0.15, 0.2) is 10.6 Å². The third-order valence-corrected chi connectivity index (χ3v) is 5.15. The number of amides is 4. The van der Waals surface area contributed by atoms with E-state index >= 15 is 0 Å². The van der Waals surface area contributed by atoms with Crippen LogP contribution in [0.5, 0.6) is 0 Å². The van der Waals surface area contributed by atoms with Gasteiger partial charge in [-0.2, -0.15) is 0 Å². The zero-order chi connectivity index (χ0) is 25.5. The van der Waals surface area contributed by atoms with Gasteiger partial charge in [0.15, 0.2) is 11.5 Å². The van der Waals surface area contributed by atoms with E-state index in [1.807, 2.05) is 13.8 Å². The fourth-order valence-corrected chi connectivity index (χ4v) is 3.00. The maximum atomic E-state index is 12.7. The van der Waals surface area contributed by atoms with E-state index in [0.717, 1.165) is 12.5 Å². The second-order valence-electron chi connectivity index (χ2n) is 8.61. The zero-order valence-corrected chi connectivity index (χ0v) is 19.6. The van der Waals surface area contributed by atoms with Crippen molar-refractivity contribution in [3.8, 4) is 0 Å². The van der Waals surface area contributed by atoms with E-state index in [-0.39, 0.29) is 23.8 Å². The minimum atomic E-state index is -1.17. The normalized spacial score (nSPS) is 18.6. The number of primary amides is 1. The van der Waals surface area contributed by atoms with Gasteiger partial charge in [-0.1, -0.05) is 19.0 Å². The molecule has 0 spiro atoms. The van der Waals surface area contributed by atoms with Crippen molar-refractivity contribution in [2.45, 2.75) is 51.3 Å². The molecule has 34 heavy (non-hydrogen) atoms. The van der Waals surface area contributed by atoms with E-state index in [0.29, 0.717) is 18.9 Å². The highest BCUT2D eigenvalue weighted by atomic mass is 16.6. The maximum absolute atomic E-state index is 12.7. The van der Waals surface area contributed by atoms with E-state index in [9.17, 15) is 24.0 Å². The third-order valence-electron chi connectivity index (χ3n) is 5.15. The predicted molar refractivity (Wildman–Crippen MR) is 117 cm³/mol. The Morgan fingerprint density at radius 1 is 1.18 bits per heavy atom. The second kappa shape index (κ2) is 11.7. The van der Waals surface area contributed by atoms with E-state index < -0.39 is 47.9 Å². The molecule has 0 bridgehead atoms. The van der Waals surface area contributed by atoms with E-state index in [2.05, 4.69) is 25.6 Å². The summed E-state index contributed by atoms with van der Waals surface area (Å²) in [6.07, 6.45) is 1.17. The van der Waals surface area contributed by atoms with Gasteiger partial charge in [-0.3, -0.25) is 24.0 Å². The van der Waals surface area contributed by atoms with Crippen LogP contribution >= 0.6 is 0 Å². The highest BCUT2D eigenvalue weighted by molar-refractivity contribution is 5.99. The van der Waals surface area contributed by atoms with Crippen molar-refractivity contribution >= 4 is 29.4 Å². The minimum absolute atomic E-state index is 0.203. The van der Waals surface area contributed by atoms with Crippen molar-refractivity contribution in [1.29, 1.82) is 0 Å². The van der Waals surface area contributed by atoms with Gasteiger partial charge < -0.3 is 35.7 Å². The summed E-state index contributed by atoms with van der Waals surface area (Å²) in [7, 11) is 1.33. The largest absolute Gasteiger partial charge is 0.382 e. The third kappa shape index (κ3) is 7.63. The van der Waals surface area contributed by atoms with Crippen LogP contribution in [0.2, 0.25) is 0 Å². The molecule has 3 atom stereocenters. The van der Waals surface area contributed by atoms with Gasteiger partial charge in [0.2, 0.25) is 17.6 Å². The first-order chi connectivity index (χ1) is 16.0. The average Bonchev–Trinajstić information content (AvgIpc) is 3.33. The van der Waals surface area contributed by atoms with Crippen molar-refractivity contribution < 1.29 is 38.0 Å². The fraction of sp³-hybridized carbons (Fsp3) is 0.619. The molecule has 1 aliphatic rings. The Bertz CT molecular complexity index is 924. The number of ketones is 1. The number of carbonyl (C=O) groups is 5. The van der Waals surface area contributed by atoms with Crippen LogP contribution in [-0.2, 0) is 23.9 Å². The van der Waals surface area contributed by atoms with Crippen LogP contribution in [0.1, 0.15) is 54.7 Å². The van der Waals surface area contributed by atoms with Crippen LogP contribution < -0.4 is 21.7 Å². The summed E-state index contributed by atoms with van der Waals surface area (Å²) < 4.78 is 14.8. The van der Waals surface area contributed by atoms with Gasteiger partial charge in [-0.15, -0.1) is 0 Å². The van der Waals surface area contributed by atoms with E-state index in [1.54, 1.807) is 6.92 Å². The Labute approximate surface area is 196 Å². The van der Waals surface area contributed by atoms with Gasteiger partial charge in [0, 0.05) is 13.2 Å². The fourth-order valence-electron chi connectivity index (χ4n) is 3.00. The van der Waals surface area contributed by atoms with Crippen LogP contribution in [0.25, 0.3) is 0 Å². The molecule has 2 heterocycles. The highest BCUT2D eigenvalue weighted by Crippen LogP contribution is 2.29. The number of nitrogens with two attached hydrogens (primary N) is 1. The SMILES string of the molecule is COC[C@H](NC(=O)c1cc(C(N)=O)on1)C(=O)NCC(=O)N[C@@H](CCC(C)C)C(=O)C1(C)CO1. The molecular formula is C21H31N5O8. The Balaban J connectivity index is 1.92. The molecule has 1 unspecified atom stereocenters. The first-order valence-corrected chi connectivity index (χ1v) is 10.8. The van der Waals surface area contributed by atoms with Gasteiger partial charge in [-0.25, -0.2) is 0 Å². The number of methoxy groups -OCH3 is 1. The number of carbonyl (C=O) groups excluding carboxylic acids is 5. The molecule has 13 nitrogen and oxygen atoms in total. The average molecular weight is 482 g/mol. The van der Waals surface area contributed by atoms with Crippen molar-refractivity contribution in [3.63, 3.8) is 0 Å². The number of hydrogen-bond acceptors (Lipinski definition) is 9. The molecule has 1 aromatic rings. The standard InChI is InChI=1S/C21H31N5O8/c1-11(2)5-6-12(17(28)21(3)10-33-21)24-16(27)8-23-19(30)14(9-32-4)25-20(31)13-7-15(18(22)29)34-26-13/h7,11-12,14H,5-6,8-10H2,1-4H3,(H2,22,29)(H,23,30)(H,24,27)(H,25,31)/t12-,14-,21?/m0/s1. The number of epoxide rings is 1. The molecule has 4 amide bonds. The zero-order valence-electron chi connectivity index (χ0n) is 19.6. The molecule has 5 N–H and O–H groups in total. The van der Waals surface area contributed by atoms with E-state index in [4.69, 9.17) is 15.2 Å². The molecule has 13 heteroatoms. The molecular weight excluding hydrogens is 450 g/mol. The molecule has 1 fully saturated rings. The first kappa shape index (κ1) is 26.9. The van der Waals surface area contributed by atoms with Crippen LogP contribution in [0.4, 0.5) is 0 Å². The summed E-state index contributed by atoms with van der Waals surface area (Å²) in [5.41, 5.74) is 3.90. The van der Waals surface area contributed by atoms with Gasteiger partial charge in [0.05, 0.1) is 25.8 Å². The number of hydrogen-bond donors (Lipinski definition) is 4. The predicted octanol–water partition coefficient (Wildman–Crippen LogP) is -1.09. The van der Waals surface area contributed by atoms with Crippen molar-refractivity contribution in [2.75, 3.05) is 26.9 Å². The molecule has 0 saturated carbocycles. The maximum Gasteiger partial charge on any atom is 0.287 e. The number of ether oxygens (including phenoxy) is 2. The minimum Gasteiger partial charge on any atom is -0.382 e. The van der Waals surface area contributed by atoms with Gasteiger partial charge in [0.1, 0.15) is 11.6 Å². The topological polar surface area (TPSA) is 195 Å². The van der Waals surface area contributed by atoms with Crippen LogP contribution in [0, 0.1) is 5.92 Å². The molecule has 0 aliphatic carbocycles. The summed E-state index contributed by atoms with van der Waals surface area (Å²) in [6.45, 7) is 5.37. The molecule has 1 saturated heterocycles. The van der Waals surface area contributed by atoms with Crippen LogP contribution in [-0.4, -0.2) is 79.1 Å².